The van der Waals surface area contributed by atoms with Gasteiger partial charge in [0.05, 0.1) is 17.6 Å². The topological polar surface area (TPSA) is 177 Å². The van der Waals surface area contributed by atoms with Gasteiger partial charge in [0.25, 0.3) is 6.01 Å². The van der Waals surface area contributed by atoms with Crippen LogP contribution in [0.4, 0.5) is 16.6 Å². The molecule has 0 fully saturated rings. The zero-order valence-corrected chi connectivity index (χ0v) is 21.2. The van der Waals surface area contributed by atoms with Crippen molar-refractivity contribution in [1.82, 2.24) is 39.6 Å². The Labute approximate surface area is 216 Å². The summed E-state index contributed by atoms with van der Waals surface area (Å²) in [6.45, 7) is 6.75. The average molecular weight is 515 g/mol. The van der Waals surface area contributed by atoms with Crippen molar-refractivity contribution < 1.29 is 13.9 Å². The molecule has 194 valence electrons. The quantitative estimate of drug-likeness (QED) is 0.362. The molecule has 0 aliphatic carbocycles. The first-order valence-electron chi connectivity index (χ1n) is 12.1. The second-order valence-electron chi connectivity index (χ2n) is 10.1. The summed E-state index contributed by atoms with van der Waals surface area (Å²) in [6, 6.07) is 5.57. The number of benzene rings is 1. The fourth-order valence-electron chi connectivity index (χ4n) is 4.49. The summed E-state index contributed by atoms with van der Waals surface area (Å²) in [6.07, 6.45) is 3.42. The molecular weight excluding hydrogens is 488 g/mol. The van der Waals surface area contributed by atoms with Crippen LogP contribution in [0.5, 0.6) is 0 Å². The van der Waals surface area contributed by atoms with Gasteiger partial charge in [0.15, 0.2) is 11.2 Å². The van der Waals surface area contributed by atoms with Gasteiger partial charge in [-0.1, -0.05) is 0 Å². The lowest BCUT2D eigenvalue weighted by Crippen LogP contribution is -2.40. The first-order valence-corrected chi connectivity index (χ1v) is 12.1. The largest absolute Gasteiger partial charge is 0.444 e. The number of carbonyl (C=O) groups is 1. The molecule has 1 aliphatic heterocycles. The van der Waals surface area contributed by atoms with Gasteiger partial charge in [-0.3, -0.25) is 0 Å². The second kappa shape index (κ2) is 8.64. The van der Waals surface area contributed by atoms with Gasteiger partial charge in [0.1, 0.15) is 41.3 Å². The molecule has 4 N–H and O–H groups in total. The van der Waals surface area contributed by atoms with E-state index in [4.69, 9.17) is 30.7 Å². The lowest BCUT2D eigenvalue weighted by atomic mass is 10.1. The lowest BCUT2D eigenvalue weighted by molar-refractivity contribution is 0.0222. The lowest BCUT2D eigenvalue weighted by Gasteiger charge is -2.30. The maximum atomic E-state index is 12.5. The molecule has 4 aromatic heterocycles. The molecule has 0 saturated carbocycles. The number of oxazole rings is 1. The molecular formula is C25H26N10O3. The molecule has 0 spiro atoms. The van der Waals surface area contributed by atoms with Gasteiger partial charge >= 0.3 is 6.09 Å². The van der Waals surface area contributed by atoms with Crippen LogP contribution in [0.1, 0.15) is 37.9 Å². The summed E-state index contributed by atoms with van der Waals surface area (Å²) in [5.41, 5.74) is 16.3. The number of fused-ring (bicyclic) bond motifs is 3. The number of aromatic nitrogens is 7. The van der Waals surface area contributed by atoms with Crippen LogP contribution in [0.3, 0.4) is 0 Å². The Balaban J connectivity index is 1.31. The number of amides is 1. The first kappa shape index (κ1) is 23.6. The van der Waals surface area contributed by atoms with Gasteiger partial charge < -0.3 is 25.5 Å². The fraction of sp³-hybridized carbons (Fsp3) is 0.320. The van der Waals surface area contributed by atoms with Crippen molar-refractivity contribution in [3.05, 3.63) is 47.8 Å². The van der Waals surface area contributed by atoms with Crippen molar-refractivity contribution in [2.75, 3.05) is 18.0 Å². The van der Waals surface area contributed by atoms with Crippen LogP contribution in [0.15, 0.2) is 35.1 Å². The minimum Gasteiger partial charge on any atom is -0.444 e. The van der Waals surface area contributed by atoms with E-state index >= 15 is 0 Å². The van der Waals surface area contributed by atoms with Gasteiger partial charge in [-0.05, 0) is 39.0 Å². The first-order chi connectivity index (χ1) is 18.1. The number of hydrogen-bond donors (Lipinski definition) is 2. The maximum Gasteiger partial charge on any atom is 0.410 e. The van der Waals surface area contributed by atoms with Crippen LogP contribution in [0.2, 0.25) is 0 Å². The fourth-order valence-corrected chi connectivity index (χ4v) is 4.49. The zero-order chi connectivity index (χ0) is 26.6. The minimum atomic E-state index is -0.551. The number of hydrogen-bond acceptors (Lipinski definition) is 11. The Morgan fingerprint density at radius 1 is 1.16 bits per heavy atom. The van der Waals surface area contributed by atoms with Crippen LogP contribution in [-0.2, 0) is 24.2 Å². The zero-order valence-electron chi connectivity index (χ0n) is 21.2. The van der Waals surface area contributed by atoms with Crippen molar-refractivity contribution in [1.29, 1.82) is 0 Å². The normalized spacial score (nSPS) is 13.7. The predicted octanol–water partition coefficient (Wildman–Crippen LogP) is 2.93. The minimum absolute atomic E-state index is 0.0918. The highest BCUT2D eigenvalue weighted by atomic mass is 16.6. The molecule has 5 aromatic rings. The van der Waals surface area contributed by atoms with Gasteiger partial charge in [-0.15, -0.1) is 0 Å². The van der Waals surface area contributed by atoms with Crippen molar-refractivity contribution in [2.45, 2.75) is 45.9 Å². The summed E-state index contributed by atoms with van der Waals surface area (Å²) in [4.78, 5) is 36.3. The standard InChI is InChI=1S/C25H26N10O3/c1-25(2,3)38-24(36)34-7-6-15-14(10-34)9-28-18(31-15)11-35-22-19(21(26)29-12-30-22)20(33-35)13-4-5-17-16(8-13)32-23(27)37-17/h4-5,8-9,12H,6-7,10-11H2,1-3H3,(H2,27,32)(H2,26,29,30). The van der Waals surface area contributed by atoms with Crippen LogP contribution in [0.25, 0.3) is 33.4 Å². The molecule has 13 heteroatoms. The summed E-state index contributed by atoms with van der Waals surface area (Å²) in [5.74, 6) is 0.881. The van der Waals surface area contributed by atoms with E-state index in [9.17, 15) is 4.79 Å². The van der Waals surface area contributed by atoms with Crippen LogP contribution < -0.4 is 11.5 Å². The number of nitrogens with zero attached hydrogens (tertiary/aromatic N) is 8. The van der Waals surface area contributed by atoms with E-state index in [1.54, 1.807) is 21.8 Å². The molecule has 6 rings (SSSR count). The number of ether oxygens (including phenoxy) is 1. The van der Waals surface area contributed by atoms with Crippen molar-refractivity contribution >= 4 is 40.1 Å². The third kappa shape index (κ3) is 4.31. The third-order valence-electron chi connectivity index (χ3n) is 6.16. The van der Waals surface area contributed by atoms with E-state index in [1.165, 1.54) is 6.33 Å². The molecule has 38 heavy (non-hydrogen) atoms. The molecule has 1 amide bonds. The van der Waals surface area contributed by atoms with Crippen LogP contribution >= 0.6 is 0 Å². The Kier molecular flexibility index (Phi) is 5.36. The Morgan fingerprint density at radius 3 is 2.82 bits per heavy atom. The molecule has 1 aliphatic rings. The summed E-state index contributed by atoms with van der Waals surface area (Å²) >= 11 is 0. The number of carbonyl (C=O) groups excluding carboxylic acids is 1. The Bertz CT molecular complexity index is 1700. The van der Waals surface area contributed by atoms with Gasteiger partial charge in [-0.2, -0.15) is 10.1 Å². The number of nitrogens with two attached hydrogens (primary N) is 2. The van der Waals surface area contributed by atoms with Crippen molar-refractivity contribution in [3.63, 3.8) is 0 Å². The smallest absolute Gasteiger partial charge is 0.410 e. The van der Waals surface area contributed by atoms with E-state index in [0.29, 0.717) is 59.0 Å². The van der Waals surface area contributed by atoms with E-state index in [1.807, 2.05) is 32.9 Å². The highest BCUT2D eigenvalue weighted by Gasteiger charge is 2.27. The maximum absolute atomic E-state index is 12.5. The number of rotatable bonds is 3. The van der Waals surface area contributed by atoms with Gasteiger partial charge in [0, 0.05) is 30.3 Å². The van der Waals surface area contributed by atoms with Crippen LogP contribution in [-0.4, -0.2) is 57.8 Å². The van der Waals surface area contributed by atoms with Gasteiger partial charge in [-0.25, -0.2) is 29.4 Å². The third-order valence-corrected chi connectivity index (χ3v) is 6.16. The van der Waals surface area contributed by atoms with Crippen molar-refractivity contribution in [3.8, 4) is 11.3 Å². The molecule has 5 heterocycles. The summed E-state index contributed by atoms with van der Waals surface area (Å²) in [5, 5.41) is 5.43. The highest BCUT2D eigenvalue weighted by molar-refractivity contribution is 5.99. The molecule has 13 nitrogen and oxygen atoms in total. The van der Waals surface area contributed by atoms with E-state index in [0.717, 1.165) is 16.8 Å². The van der Waals surface area contributed by atoms with E-state index < -0.39 is 5.60 Å². The molecule has 1 aromatic carbocycles. The summed E-state index contributed by atoms with van der Waals surface area (Å²) in [7, 11) is 0. The Morgan fingerprint density at radius 2 is 2.00 bits per heavy atom. The van der Waals surface area contributed by atoms with Crippen molar-refractivity contribution in [2.24, 2.45) is 0 Å². The monoisotopic (exact) mass is 514 g/mol. The molecule has 0 bridgehead atoms. The molecule has 0 atom stereocenters. The highest BCUT2D eigenvalue weighted by Crippen LogP contribution is 2.32. The predicted molar refractivity (Wildman–Crippen MR) is 139 cm³/mol. The molecule has 0 radical (unpaired) electrons. The van der Waals surface area contributed by atoms with E-state index in [-0.39, 0.29) is 18.7 Å². The Hall–Kier alpha value is -4.81. The number of anilines is 2. The summed E-state index contributed by atoms with van der Waals surface area (Å²) < 4.78 is 12.6. The number of nitrogen functional groups attached to an aromatic ring is 2. The second-order valence-corrected chi connectivity index (χ2v) is 10.1. The average Bonchev–Trinajstić information content (AvgIpc) is 3.42. The molecule has 0 unspecified atom stereocenters. The van der Waals surface area contributed by atoms with Crippen LogP contribution in [0, 0.1) is 0 Å². The molecule has 0 saturated heterocycles. The van der Waals surface area contributed by atoms with E-state index in [2.05, 4.69) is 19.9 Å². The van der Waals surface area contributed by atoms with Gasteiger partial charge in [0.2, 0.25) is 0 Å². The SMILES string of the molecule is CC(C)(C)OC(=O)N1CCc2nc(Cn3nc(-c4ccc5oc(N)nc5c4)c4c(N)ncnc43)ncc2C1.